The van der Waals surface area contributed by atoms with Crippen LogP contribution in [0.3, 0.4) is 0 Å². The summed E-state index contributed by atoms with van der Waals surface area (Å²) in [4.78, 5) is 19.7. The Bertz CT molecular complexity index is 1210. The number of carbonyl (C=O) groups is 1. The number of piperidine rings is 1. The highest BCUT2D eigenvalue weighted by atomic mass is 16.5. The molecule has 5 rings (SSSR count). The van der Waals surface area contributed by atoms with Gasteiger partial charge in [0.15, 0.2) is 0 Å². The molecule has 1 atom stereocenters. The van der Waals surface area contributed by atoms with Crippen LogP contribution in [0.2, 0.25) is 0 Å². The second-order valence-corrected chi connectivity index (χ2v) is 8.29. The lowest BCUT2D eigenvalue weighted by molar-refractivity contribution is 0.0668. The van der Waals surface area contributed by atoms with Crippen LogP contribution in [-0.4, -0.2) is 43.8 Å². The number of likely N-dealkylation sites (tertiary alicyclic amines) is 1. The highest BCUT2D eigenvalue weighted by molar-refractivity contribution is 5.94. The first kappa shape index (κ1) is 20.2. The molecule has 7 heteroatoms. The molecule has 1 aliphatic rings. The summed E-state index contributed by atoms with van der Waals surface area (Å²) >= 11 is 0. The van der Waals surface area contributed by atoms with Crippen molar-refractivity contribution < 1.29 is 9.32 Å². The Hall–Kier alpha value is -3.74. The molecule has 0 aliphatic carbocycles. The second kappa shape index (κ2) is 8.78. The van der Waals surface area contributed by atoms with Gasteiger partial charge in [-0.2, -0.15) is 10.1 Å². The maximum absolute atomic E-state index is 13.2. The normalized spacial score (nSPS) is 16.3. The molecule has 3 heterocycles. The van der Waals surface area contributed by atoms with Crippen molar-refractivity contribution in [3.8, 4) is 17.1 Å². The fraction of sp³-hybridized carbons (Fsp3) is 0.280. The minimum absolute atomic E-state index is 0.0508. The van der Waals surface area contributed by atoms with Gasteiger partial charge >= 0.3 is 0 Å². The van der Waals surface area contributed by atoms with Gasteiger partial charge in [0.2, 0.25) is 11.7 Å². The maximum Gasteiger partial charge on any atom is 0.253 e. The summed E-state index contributed by atoms with van der Waals surface area (Å²) in [5.74, 6) is 1.60. The summed E-state index contributed by atoms with van der Waals surface area (Å²) in [6.07, 6.45) is 6.28. The van der Waals surface area contributed by atoms with E-state index in [2.05, 4.69) is 15.2 Å². The Labute approximate surface area is 186 Å². The highest BCUT2D eigenvalue weighted by Crippen LogP contribution is 2.25. The van der Waals surface area contributed by atoms with Crippen LogP contribution < -0.4 is 0 Å². The van der Waals surface area contributed by atoms with Gasteiger partial charge in [0.05, 0.1) is 5.69 Å². The quantitative estimate of drug-likeness (QED) is 0.474. The van der Waals surface area contributed by atoms with Crippen molar-refractivity contribution in [2.75, 3.05) is 13.1 Å². The molecule has 4 aromatic rings. The summed E-state index contributed by atoms with van der Waals surface area (Å²) in [6, 6.07) is 17.5. The number of hydrogen-bond acceptors (Lipinski definition) is 5. The molecule has 162 valence electrons. The van der Waals surface area contributed by atoms with E-state index >= 15 is 0 Å². The van der Waals surface area contributed by atoms with Crippen LogP contribution in [0.25, 0.3) is 17.1 Å². The van der Waals surface area contributed by atoms with Gasteiger partial charge < -0.3 is 9.42 Å². The molecule has 1 amide bonds. The number of benzene rings is 2. The van der Waals surface area contributed by atoms with Crippen LogP contribution >= 0.6 is 0 Å². The summed E-state index contributed by atoms with van der Waals surface area (Å²) in [6.45, 7) is 3.49. The molecular formula is C25H25N5O2. The van der Waals surface area contributed by atoms with Crippen molar-refractivity contribution in [2.24, 2.45) is 5.92 Å². The van der Waals surface area contributed by atoms with E-state index in [1.54, 1.807) is 10.9 Å². The first-order valence-electron chi connectivity index (χ1n) is 11.0. The fourth-order valence-electron chi connectivity index (χ4n) is 4.32. The first-order valence-corrected chi connectivity index (χ1v) is 11.0. The van der Waals surface area contributed by atoms with Gasteiger partial charge in [-0.05, 0) is 55.5 Å². The van der Waals surface area contributed by atoms with Crippen LogP contribution in [-0.2, 0) is 6.42 Å². The minimum Gasteiger partial charge on any atom is -0.339 e. The molecular weight excluding hydrogens is 402 g/mol. The molecule has 0 spiro atoms. The number of amides is 1. The van der Waals surface area contributed by atoms with Crippen LogP contribution in [0.1, 0.15) is 34.7 Å². The number of aryl methyl sites for hydroxylation is 1. The average molecular weight is 428 g/mol. The monoisotopic (exact) mass is 427 g/mol. The third-order valence-electron chi connectivity index (χ3n) is 5.99. The molecule has 2 aromatic heterocycles. The van der Waals surface area contributed by atoms with Crippen molar-refractivity contribution >= 4 is 5.91 Å². The zero-order valence-electron chi connectivity index (χ0n) is 18.0. The predicted octanol–water partition coefficient (Wildman–Crippen LogP) is 4.33. The van der Waals surface area contributed by atoms with Gasteiger partial charge in [-0.25, -0.2) is 4.68 Å². The molecule has 0 radical (unpaired) electrons. The Morgan fingerprint density at radius 1 is 1.16 bits per heavy atom. The molecule has 0 N–H and O–H groups in total. The number of carbonyl (C=O) groups excluding carboxylic acids is 1. The largest absolute Gasteiger partial charge is 0.339 e. The van der Waals surface area contributed by atoms with Gasteiger partial charge in [0, 0.05) is 43.0 Å². The van der Waals surface area contributed by atoms with Crippen LogP contribution in [0.5, 0.6) is 0 Å². The molecule has 7 nitrogen and oxygen atoms in total. The van der Waals surface area contributed by atoms with E-state index in [9.17, 15) is 4.79 Å². The fourth-order valence-corrected chi connectivity index (χ4v) is 4.32. The van der Waals surface area contributed by atoms with Crippen molar-refractivity contribution in [1.29, 1.82) is 0 Å². The Morgan fingerprint density at radius 2 is 2.06 bits per heavy atom. The minimum atomic E-state index is 0.0508. The van der Waals surface area contributed by atoms with Crippen molar-refractivity contribution in [3.63, 3.8) is 0 Å². The van der Waals surface area contributed by atoms with Crippen molar-refractivity contribution in [3.05, 3.63) is 84.0 Å². The van der Waals surface area contributed by atoms with E-state index in [0.29, 0.717) is 36.2 Å². The molecule has 1 saturated heterocycles. The zero-order valence-corrected chi connectivity index (χ0v) is 18.0. The number of aromatic nitrogens is 4. The van der Waals surface area contributed by atoms with E-state index < -0.39 is 0 Å². The smallest absolute Gasteiger partial charge is 0.253 e. The van der Waals surface area contributed by atoms with E-state index in [4.69, 9.17) is 4.52 Å². The molecule has 1 fully saturated rings. The lowest BCUT2D eigenvalue weighted by Crippen LogP contribution is -2.40. The third kappa shape index (κ3) is 4.19. The number of nitrogens with zero attached hydrogens (tertiary/aromatic N) is 5. The van der Waals surface area contributed by atoms with Gasteiger partial charge in [0.1, 0.15) is 0 Å². The second-order valence-electron chi connectivity index (χ2n) is 8.29. The Kier molecular flexibility index (Phi) is 5.54. The maximum atomic E-state index is 13.2. The highest BCUT2D eigenvalue weighted by Gasteiger charge is 2.26. The average Bonchev–Trinajstić information content (AvgIpc) is 3.52. The predicted molar refractivity (Wildman–Crippen MR) is 120 cm³/mol. The molecule has 0 unspecified atom stereocenters. The van der Waals surface area contributed by atoms with Crippen LogP contribution in [0.4, 0.5) is 0 Å². The molecule has 32 heavy (non-hydrogen) atoms. The Balaban J connectivity index is 1.27. The summed E-state index contributed by atoms with van der Waals surface area (Å²) in [5, 5.41) is 8.43. The molecule has 0 bridgehead atoms. The topological polar surface area (TPSA) is 77.0 Å². The van der Waals surface area contributed by atoms with Crippen molar-refractivity contribution in [2.45, 2.75) is 26.2 Å². The van der Waals surface area contributed by atoms with E-state index in [-0.39, 0.29) is 5.91 Å². The standard InChI is InChI=1S/C25H25N5O2/c1-18-7-2-3-11-22(18)24-27-23(32-28-24)15-19-8-5-13-29(17-19)25(31)20-9-4-10-21(16-20)30-14-6-12-26-30/h2-4,6-7,9-12,14,16,19H,5,8,13,15,17H2,1H3/t19-/m0/s1. The van der Waals surface area contributed by atoms with Gasteiger partial charge in [-0.15, -0.1) is 0 Å². The van der Waals surface area contributed by atoms with Crippen LogP contribution in [0, 0.1) is 12.8 Å². The van der Waals surface area contributed by atoms with Gasteiger partial charge in [0.25, 0.3) is 5.91 Å². The van der Waals surface area contributed by atoms with E-state index in [0.717, 1.165) is 36.2 Å². The first-order chi connectivity index (χ1) is 15.7. The lowest BCUT2D eigenvalue weighted by Gasteiger charge is -2.32. The summed E-state index contributed by atoms with van der Waals surface area (Å²) in [7, 11) is 0. The number of rotatable bonds is 5. The van der Waals surface area contributed by atoms with Gasteiger partial charge in [-0.1, -0.05) is 35.5 Å². The van der Waals surface area contributed by atoms with Crippen molar-refractivity contribution in [1.82, 2.24) is 24.8 Å². The van der Waals surface area contributed by atoms with E-state index in [1.165, 1.54) is 0 Å². The Morgan fingerprint density at radius 3 is 2.91 bits per heavy atom. The SMILES string of the molecule is Cc1ccccc1-c1noc(C[C@@H]2CCCN(C(=O)c3cccc(-n4cccn4)c3)C2)n1. The summed E-state index contributed by atoms with van der Waals surface area (Å²) < 4.78 is 7.30. The lowest BCUT2D eigenvalue weighted by atomic mass is 9.94. The zero-order chi connectivity index (χ0) is 21.9. The molecule has 1 aliphatic heterocycles. The summed E-state index contributed by atoms with van der Waals surface area (Å²) in [5.41, 5.74) is 3.66. The number of hydrogen-bond donors (Lipinski definition) is 0. The molecule has 2 aromatic carbocycles. The van der Waals surface area contributed by atoms with E-state index in [1.807, 2.05) is 72.6 Å². The molecule has 0 saturated carbocycles. The van der Waals surface area contributed by atoms with Gasteiger partial charge in [-0.3, -0.25) is 4.79 Å². The van der Waals surface area contributed by atoms with Crippen LogP contribution in [0.15, 0.2) is 71.5 Å². The third-order valence-corrected chi connectivity index (χ3v) is 5.99.